The normalized spacial score (nSPS) is 10.9. The number of nitrogens with zero attached hydrogens (tertiary/aromatic N) is 5. The summed E-state index contributed by atoms with van der Waals surface area (Å²) in [6.07, 6.45) is 3.24. The molecule has 0 amide bonds. The summed E-state index contributed by atoms with van der Waals surface area (Å²) in [7, 11) is 0. The summed E-state index contributed by atoms with van der Waals surface area (Å²) in [6, 6.07) is 9.86. The fourth-order valence-corrected chi connectivity index (χ4v) is 3.12. The molecule has 0 saturated carbocycles. The summed E-state index contributed by atoms with van der Waals surface area (Å²) in [4.78, 5) is 4.58. The van der Waals surface area contributed by atoms with Gasteiger partial charge in [0.05, 0.1) is 24.2 Å². The van der Waals surface area contributed by atoms with Crippen molar-refractivity contribution < 1.29 is 4.42 Å². The molecule has 0 aliphatic carbocycles. The number of benzene rings is 1. The van der Waals surface area contributed by atoms with Crippen molar-refractivity contribution >= 4 is 17.0 Å². The highest BCUT2D eigenvalue weighted by molar-refractivity contribution is 7.13. The van der Waals surface area contributed by atoms with Crippen LogP contribution in [0.15, 0.2) is 52.7 Å². The molecule has 4 rings (SSSR count). The van der Waals surface area contributed by atoms with Gasteiger partial charge in [-0.2, -0.15) is 0 Å². The number of hydrogen-bond acceptors (Lipinski definition) is 7. The van der Waals surface area contributed by atoms with Gasteiger partial charge in [-0.15, -0.1) is 16.4 Å². The molecule has 0 spiro atoms. The molecule has 0 aliphatic heterocycles. The molecule has 120 valence electrons. The van der Waals surface area contributed by atoms with E-state index in [2.05, 4.69) is 25.8 Å². The van der Waals surface area contributed by atoms with Gasteiger partial charge in [-0.3, -0.25) is 0 Å². The Morgan fingerprint density at radius 2 is 2.25 bits per heavy atom. The number of thiazole rings is 1. The number of nitrogens with one attached hydrogen (secondary N) is 1. The third kappa shape index (κ3) is 2.91. The molecular formula is C16H14N6OS. The number of aromatic nitrogens is 5. The summed E-state index contributed by atoms with van der Waals surface area (Å²) in [6.45, 7) is 2.66. The molecule has 0 fully saturated rings. The van der Waals surface area contributed by atoms with E-state index in [0.717, 1.165) is 33.4 Å². The Morgan fingerprint density at radius 3 is 3.04 bits per heavy atom. The van der Waals surface area contributed by atoms with Crippen LogP contribution in [0.2, 0.25) is 0 Å². The number of aryl methyl sites for hydroxylation is 1. The molecule has 3 heterocycles. The van der Waals surface area contributed by atoms with Gasteiger partial charge in [0.1, 0.15) is 6.33 Å². The average molecular weight is 338 g/mol. The molecule has 1 aromatic carbocycles. The van der Waals surface area contributed by atoms with E-state index in [-0.39, 0.29) is 0 Å². The van der Waals surface area contributed by atoms with Crippen LogP contribution in [0.5, 0.6) is 0 Å². The second kappa shape index (κ2) is 6.25. The Morgan fingerprint density at radius 1 is 1.29 bits per heavy atom. The van der Waals surface area contributed by atoms with E-state index in [1.165, 1.54) is 0 Å². The Bertz CT molecular complexity index is 930. The first kappa shape index (κ1) is 14.6. The van der Waals surface area contributed by atoms with Crippen LogP contribution in [0.4, 0.5) is 5.69 Å². The lowest BCUT2D eigenvalue weighted by atomic mass is 10.2. The molecule has 0 saturated heterocycles. The molecule has 4 aromatic rings. The highest BCUT2D eigenvalue weighted by Gasteiger charge is 2.08. The van der Waals surface area contributed by atoms with Gasteiger partial charge in [-0.25, -0.2) is 9.67 Å². The van der Waals surface area contributed by atoms with E-state index in [1.807, 2.05) is 42.6 Å². The zero-order valence-electron chi connectivity index (χ0n) is 12.9. The van der Waals surface area contributed by atoms with Crippen LogP contribution in [0.1, 0.15) is 11.3 Å². The van der Waals surface area contributed by atoms with Gasteiger partial charge in [0.15, 0.2) is 10.8 Å². The van der Waals surface area contributed by atoms with Crippen LogP contribution in [0.3, 0.4) is 0 Å². The Labute approximate surface area is 142 Å². The molecule has 0 unspecified atom stereocenters. The van der Waals surface area contributed by atoms with Gasteiger partial charge in [0, 0.05) is 11.1 Å². The average Bonchev–Trinajstić information content (AvgIpc) is 3.34. The lowest BCUT2D eigenvalue weighted by molar-refractivity contribution is 0.581. The van der Waals surface area contributed by atoms with Gasteiger partial charge in [-0.1, -0.05) is 6.07 Å². The Balaban J connectivity index is 1.49. The standard InChI is InChI=1S/C16H14N6OS/c1-11-4-5-12(7-14(11)22-10-18-20-21-22)17-8-13-9-24-16(19-13)15-3-2-6-23-15/h2-7,9-10,17H,8H2,1H3. The molecular weight excluding hydrogens is 324 g/mol. The molecule has 0 atom stereocenters. The molecule has 24 heavy (non-hydrogen) atoms. The van der Waals surface area contributed by atoms with Crippen LogP contribution in [-0.4, -0.2) is 25.2 Å². The molecule has 1 N–H and O–H groups in total. The van der Waals surface area contributed by atoms with Crippen molar-refractivity contribution in [3.8, 4) is 16.5 Å². The van der Waals surface area contributed by atoms with Crippen molar-refractivity contribution in [3.63, 3.8) is 0 Å². The topological polar surface area (TPSA) is 81.7 Å². The zero-order valence-corrected chi connectivity index (χ0v) is 13.7. The largest absolute Gasteiger partial charge is 0.462 e. The van der Waals surface area contributed by atoms with E-state index in [4.69, 9.17) is 4.42 Å². The summed E-state index contributed by atoms with van der Waals surface area (Å²) in [5.74, 6) is 0.794. The summed E-state index contributed by atoms with van der Waals surface area (Å²) < 4.78 is 7.02. The van der Waals surface area contributed by atoms with Gasteiger partial charge < -0.3 is 9.73 Å². The lowest BCUT2D eigenvalue weighted by Gasteiger charge is -2.09. The van der Waals surface area contributed by atoms with Crippen molar-refractivity contribution in [3.05, 3.63) is 59.6 Å². The van der Waals surface area contributed by atoms with E-state index in [9.17, 15) is 0 Å². The van der Waals surface area contributed by atoms with Gasteiger partial charge in [-0.05, 0) is 47.2 Å². The maximum absolute atomic E-state index is 5.37. The minimum absolute atomic E-state index is 0.634. The van der Waals surface area contributed by atoms with E-state index in [1.54, 1.807) is 28.6 Å². The van der Waals surface area contributed by atoms with Crippen molar-refractivity contribution in [1.82, 2.24) is 25.2 Å². The molecule has 0 bridgehead atoms. The monoisotopic (exact) mass is 338 g/mol. The number of rotatable bonds is 5. The van der Waals surface area contributed by atoms with E-state index < -0.39 is 0 Å². The highest BCUT2D eigenvalue weighted by Crippen LogP contribution is 2.25. The quantitative estimate of drug-likeness (QED) is 0.601. The van der Waals surface area contributed by atoms with Crippen molar-refractivity contribution in [1.29, 1.82) is 0 Å². The lowest BCUT2D eigenvalue weighted by Crippen LogP contribution is -2.03. The SMILES string of the molecule is Cc1ccc(NCc2csc(-c3ccco3)n2)cc1-n1cnnn1. The summed E-state index contributed by atoms with van der Waals surface area (Å²) in [5, 5.41) is 17.6. The van der Waals surface area contributed by atoms with Crippen LogP contribution in [-0.2, 0) is 6.54 Å². The third-order valence-electron chi connectivity index (χ3n) is 3.56. The highest BCUT2D eigenvalue weighted by atomic mass is 32.1. The number of tetrazole rings is 1. The number of anilines is 1. The molecule has 7 nitrogen and oxygen atoms in total. The number of furan rings is 1. The molecule has 0 aliphatic rings. The smallest absolute Gasteiger partial charge is 0.162 e. The first-order valence-electron chi connectivity index (χ1n) is 7.36. The fourth-order valence-electron chi connectivity index (χ4n) is 2.33. The van der Waals surface area contributed by atoms with Crippen molar-refractivity contribution in [2.75, 3.05) is 5.32 Å². The second-order valence-corrected chi connectivity index (χ2v) is 6.09. The molecule has 3 aromatic heterocycles. The molecule has 8 heteroatoms. The maximum atomic E-state index is 5.37. The predicted molar refractivity (Wildman–Crippen MR) is 91.0 cm³/mol. The van der Waals surface area contributed by atoms with E-state index >= 15 is 0 Å². The number of hydrogen-bond donors (Lipinski definition) is 1. The van der Waals surface area contributed by atoms with Crippen LogP contribution in [0.25, 0.3) is 16.5 Å². The summed E-state index contributed by atoms with van der Waals surface area (Å²) in [5.41, 5.74) is 4.00. The van der Waals surface area contributed by atoms with Crippen molar-refractivity contribution in [2.45, 2.75) is 13.5 Å². The predicted octanol–water partition coefficient (Wildman–Crippen LogP) is 3.30. The minimum Gasteiger partial charge on any atom is -0.462 e. The minimum atomic E-state index is 0.634. The second-order valence-electron chi connectivity index (χ2n) is 5.23. The third-order valence-corrected chi connectivity index (χ3v) is 4.47. The van der Waals surface area contributed by atoms with Crippen LogP contribution in [0, 0.1) is 6.92 Å². The van der Waals surface area contributed by atoms with Gasteiger partial charge in [0.25, 0.3) is 0 Å². The first-order chi connectivity index (χ1) is 11.8. The summed E-state index contributed by atoms with van der Waals surface area (Å²) >= 11 is 1.57. The molecule has 0 radical (unpaired) electrons. The van der Waals surface area contributed by atoms with E-state index in [0.29, 0.717) is 6.54 Å². The zero-order chi connectivity index (χ0) is 16.4. The fraction of sp³-hybridized carbons (Fsp3) is 0.125. The van der Waals surface area contributed by atoms with Crippen molar-refractivity contribution in [2.24, 2.45) is 0 Å². The Hall–Kier alpha value is -3.00. The van der Waals surface area contributed by atoms with Crippen LogP contribution < -0.4 is 5.32 Å². The van der Waals surface area contributed by atoms with Gasteiger partial charge in [0.2, 0.25) is 0 Å². The van der Waals surface area contributed by atoms with Gasteiger partial charge >= 0.3 is 0 Å². The Kier molecular flexibility index (Phi) is 3.80. The maximum Gasteiger partial charge on any atom is 0.162 e. The van der Waals surface area contributed by atoms with Crippen LogP contribution >= 0.6 is 11.3 Å². The first-order valence-corrected chi connectivity index (χ1v) is 8.24.